The molecule has 1 aromatic heterocycles. The summed E-state index contributed by atoms with van der Waals surface area (Å²) in [7, 11) is 0. The smallest absolute Gasteiger partial charge is 0.112 e. The van der Waals surface area contributed by atoms with E-state index in [9.17, 15) is 0 Å². The van der Waals surface area contributed by atoms with Gasteiger partial charge in [-0.2, -0.15) is 0 Å². The van der Waals surface area contributed by atoms with Gasteiger partial charge in [0, 0.05) is 24.2 Å². The van der Waals surface area contributed by atoms with E-state index in [1.54, 1.807) is 22.5 Å². The fourth-order valence-corrected chi connectivity index (χ4v) is 4.45. The molecule has 0 spiro atoms. The van der Waals surface area contributed by atoms with Crippen LogP contribution in [0.15, 0.2) is 23.6 Å². The minimum Gasteiger partial charge on any atom is -0.378 e. The van der Waals surface area contributed by atoms with Gasteiger partial charge in [0.05, 0.1) is 19.3 Å². The van der Waals surface area contributed by atoms with Gasteiger partial charge in [-0.15, -0.1) is 11.3 Å². The summed E-state index contributed by atoms with van der Waals surface area (Å²) >= 11 is 1.76. The second kappa shape index (κ2) is 6.11. The Balaban J connectivity index is 1.54. The maximum atomic E-state index is 5.71. The average Bonchev–Trinajstić information content (AvgIpc) is 3.16. The van der Waals surface area contributed by atoms with E-state index in [2.05, 4.69) is 40.4 Å². The Labute approximate surface area is 135 Å². The van der Waals surface area contributed by atoms with Crippen LogP contribution in [0.1, 0.15) is 39.9 Å². The van der Waals surface area contributed by atoms with Crippen LogP contribution in [-0.2, 0) is 24.1 Å². The number of aromatic nitrogens is 1. The first-order valence-corrected chi connectivity index (χ1v) is 9.02. The van der Waals surface area contributed by atoms with Crippen LogP contribution in [0.2, 0.25) is 0 Å². The molecule has 22 heavy (non-hydrogen) atoms. The third-order valence-corrected chi connectivity index (χ3v) is 5.77. The normalized spacial score (nSPS) is 22.0. The SMILES string of the molecule is Cc1csc(C2COCCN2Cc2ccc3c(c2)CCC3)n1. The number of fused-ring (bicyclic) bond motifs is 1. The summed E-state index contributed by atoms with van der Waals surface area (Å²) in [6.07, 6.45) is 3.83. The third-order valence-electron chi connectivity index (χ3n) is 4.71. The molecular formula is C18H22N2OS. The van der Waals surface area contributed by atoms with Crippen molar-refractivity contribution in [1.29, 1.82) is 0 Å². The number of nitrogens with zero attached hydrogens (tertiary/aromatic N) is 2. The lowest BCUT2D eigenvalue weighted by Gasteiger charge is -2.34. The highest BCUT2D eigenvalue weighted by Crippen LogP contribution is 2.29. The van der Waals surface area contributed by atoms with E-state index in [0.29, 0.717) is 6.04 Å². The maximum Gasteiger partial charge on any atom is 0.112 e. The predicted octanol–water partition coefficient (Wildman–Crippen LogP) is 3.51. The zero-order chi connectivity index (χ0) is 14.9. The van der Waals surface area contributed by atoms with Crippen molar-refractivity contribution in [3.05, 3.63) is 51.0 Å². The monoisotopic (exact) mass is 314 g/mol. The Morgan fingerprint density at radius 1 is 1.32 bits per heavy atom. The molecule has 2 aliphatic rings. The number of benzene rings is 1. The van der Waals surface area contributed by atoms with Crippen molar-refractivity contribution in [3.63, 3.8) is 0 Å². The van der Waals surface area contributed by atoms with Crippen molar-refractivity contribution in [2.24, 2.45) is 0 Å². The highest BCUT2D eigenvalue weighted by Gasteiger charge is 2.27. The van der Waals surface area contributed by atoms with Crippen LogP contribution >= 0.6 is 11.3 Å². The van der Waals surface area contributed by atoms with Crippen LogP contribution < -0.4 is 0 Å². The highest BCUT2D eigenvalue weighted by molar-refractivity contribution is 7.09. The maximum absolute atomic E-state index is 5.71. The Hall–Kier alpha value is -1.23. The minimum atomic E-state index is 0.306. The van der Waals surface area contributed by atoms with E-state index in [0.717, 1.165) is 32.0 Å². The van der Waals surface area contributed by atoms with Gasteiger partial charge in [-0.3, -0.25) is 4.90 Å². The Morgan fingerprint density at radius 3 is 3.09 bits per heavy atom. The summed E-state index contributed by atoms with van der Waals surface area (Å²) in [5.74, 6) is 0. The van der Waals surface area contributed by atoms with Gasteiger partial charge < -0.3 is 4.74 Å². The van der Waals surface area contributed by atoms with Crippen LogP contribution in [0.3, 0.4) is 0 Å². The molecule has 0 amide bonds. The van der Waals surface area contributed by atoms with Gasteiger partial charge in [0.15, 0.2) is 0 Å². The number of rotatable bonds is 3. The van der Waals surface area contributed by atoms with E-state index in [1.165, 1.54) is 29.8 Å². The lowest BCUT2D eigenvalue weighted by Crippen LogP contribution is -2.39. The predicted molar refractivity (Wildman–Crippen MR) is 89.3 cm³/mol. The lowest BCUT2D eigenvalue weighted by atomic mass is 10.1. The summed E-state index contributed by atoms with van der Waals surface area (Å²) in [4.78, 5) is 7.21. The fourth-order valence-electron chi connectivity index (χ4n) is 3.54. The molecule has 1 aliphatic heterocycles. The summed E-state index contributed by atoms with van der Waals surface area (Å²) < 4.78 is 5.71. The fraction of sp³-hybridized carbons (Fsp3) is 0.500. The van der Waals surface area contributed by atoms with Crippen LogP contribution in [-0.4, -0.2) is 29.6 Å². The van der Waals surface area contributed by atoms with Crippen molar-refractivity contribution >= 4 is 11.3 Å². The standard InChI is InChI=1S/C18H22N2OS/c1-13-12-22-18(19-13)17-11-21-8-7-20(17)10-14-5-6-15-3-2-4-16(15)9-14/h5-6,9,12,17H,2-4,7-8,10-11H2,1H3. The lowest BCUT2D eigenvalue weighted by molar-refractivity contribution is -0.0128. The minimum absolute atomic E-state index is 0.306. The topological polar surface area (TPSA) is 25.4 Å². The van der Waals surface area contributed by atoms with Crippen molar-refractivity contribution in [2.75, 3.05) is 19.8 Å². The number of aryl methyl sites for hydroxylation is 3. The highest BCUT2D eigenvalue weighted by atomic mass is 32.1. The molecule has 116 valence electrons. The van der Waals surface area contributed by atoms with Gasteiger partial charge in [-0.1, -0.05) is 18.2 Å². The molecule has 4 heteroatoms. The summed E-state index contributed by atoms with van der Waals surface area (Å²) in [6.45, 7) is 5.64. The molecule has 2 aromatic rings. The van der Waals surface area contributed by atoms with Crippen molar-refractivity contribution in [3.8, 4) is 0 Å². The van der Waals surface area contributed by atoms with Gasteiger partial charge in [0.2, 0.25) is 0 Å². The Morgan fingerprint density at radius 2 is 2.23 bits per heavy atom. The number of hydrogen-bond acceptors (Lipinski definition) is 4. The molecule has 1 aromatic carbocycles. The number of ether oxygens (including phenoxy) is 1. The largest absolute Gasteiger partial charge is 0.378 e. The van der Waals surface area contributed by atoms with Crippen LogP contribution in [0.5, 0.6) is 0 Å². The molecule has 0 N–H and O–H groups in total. The van der Waals surface area contributed by atoms with Crippen LogP contribution in [0.4, 0.5) is 0 Å². The summed E-state index contributed by atoms with van der Waals surface area (Å²) in [6, 6.07) is 7.37. The van der Waals surface area contributed by atoms with Gasteiger partial charge in [0.1, 0.15) is 5.01 Å². The second-order valence-corrected chi connectivity index (χ2v) is 7.23. The molecule has 0 radical (unpaired) electrons. The Bertz CT molecular complexity index is 667. The van der Waals surface area contributed by atoms with Gasteiger partial charge >= 0.3 is 0 Å². The molecule has 0 saturated carbocycles. The average molecular weight is 314 g/mol. The molecule has 4 rings (SSSR count). The van der Waals surface area contributed by atoms with Crippen molar-refractivity contribution in [2.45, 2.75) is 38.8 Å². The first-order valence-electron chi connectivity index (χ1n) is 8.14. The second-order valence-electron chi connectivity index (χ2n) is 6.34. The molecule has 1 atom stereocenters. The molecule has 0 bridgehead atoms. The van der Waals surface area contributed by atoms with Gasteiger partial charge in [-0.05, 0) is 42.9 Å². The van der Waals surface area contributed by atoms with Crippen LogP contribution in [0, 0.1) is 6.92 Å². The molecule has 1 aliphatic carbocycles. The number of hydrogen-bond donors (Lipinski definition) is 0. The number of morpholine rings is 1. The zero-order valence-electron chi connectivity index (χ0n) is 13.0. The van der Waals surface area contributed by atoms with E-state index in [-0.39, 0.29) is 0 Å². The van der Waals surface area contributed by atoms with Crippen LogP contribution in [0.25, 0.3) is 0 Å². The third kappa shape index (κ3) is 2.83. The summed E-state index contributed by atoms with van der Waals surface area (Å²) in [5, 5.41) is 3.33. The number of thiazole rings is 1. The van der Waals surface area contributed by atoms with Gasteiger partial charge in [0.25, 0.3) is 0 Å². The molecule has 1 fully saturated rings. The van der Waals surface area contributed by atoms with E-state index >= 15 is 0 Å². The first kappa shape index (κ1) is 14.4. The quantitative estimate of drug-likeness (QED) is 0.867. The van der Waals surface area contributed by atoms with Crippen molar-refractivity contribution < 1.29 is 4.74 Å². The molecule has 2 heterocycles. The van der Waals surface area contributed by atoms with Crippen molar-refractivity contribution in [1.82, 2.24) is 9.88 Å². The van der Waals surface area contributed by atoms with Gasteiger partial charge in [-0.25, -0.2) is 4.98 Å². The van der Waals surface area contributed by atoms with E-state index in [4.69, 9.17) is 4.74 Å². The summed E-state index contributed by atoms with van der Waals surface area (Å²) in [5.41, 5.74) is 5.66. The van der Waals surface area contributed by atoms with E-state index < -0.39 is 0 Å². The molecule has 1 saturated heterocycles. The molecule has 3 nitrogen and oxygen atoms in total. The molecule has 1 unspecified atom stereocenters. The zero-order valence-corrected chi connectivity index (χ0v) is 13.9. The molecular weight excluding hydrogens is 292 g/mol. The Kier molecular flexibility index (Phi) is 3.99. The van der Waals surface area contributed by atoms with E-state index in [1.807, 2.05) is 0 Å². The first-order chi connectivity index (χ1) is 10.8.